The van der Waals surface area contributed by atoms with Crippen LogP contribution in [0.15, 0.2) is 16.9 Å². The van der Waals surface area contributed by atoms with Crippen LogP contribution in [-0.2, 0) is 11.2 Å². The van der Waals surface area contributed by atoms with Crippen molar-refractivity contribution < 1.29 is 14.6 Å². The van der Waals surface area contributed by atoms with Gasteiger partial charge in [0.1, 0.15) is 5.75 Å². The summed E-state index contributed by atoms with van der Waals surface area (Å²) in [4.78, 5) is 18.2. The van der Waals surface area contributed by atoms with Crippen LogP contribution in [0.2, 0.25) is 0 Å². The molecule has 2 rings (SSSR count). The summed E-state index contributed by atoms with van der Waals surface area (Å²) in [6.45, 7) is 3.89. The van der Waals surface area contributed by atoms with Gasteiger partial charge in [-0.15, -0.1) is 0 Å². The summed E-state index contributed by atoms with van der Waals surface area (Å²) in [6, 6.07) is 3.89. The summed E-state index contributed by atoms with van der Waals surface area (Å²) < 4.78 is 5.81. The van der Waals surface area contributed by atoms with E-state index < -0.39 is 5.97 Å². The number of rotatable bonds is 4. The fourth-order valence-electron chi connectivity index (χ4n) is 2.14. The molecule has 0 unspecified atom stereocenters. The van der Waals surface area contributed by atoms with Crippen molar-refractivity contribution >= 4 is 21.9 Å². The maximum Gasteiger partial charge on any atom is 0.309 e. The Hall–Kier alpha value is -1.82. The van der Waals surface area contributed by atoms with E-state index in [0.29, 0.717) is 16.1 Å². The zero-order valence-corrected chi connectivity index (χ0v) is 13.0. The van der Waals surface area contributed by atoms with E-state index in [4.69, 9.17) is 9.84 Å². The first kappa shape index (κ1) is 14.6. The van der Waals surface area contributed by atoms with Crippen LogP contribution in [0.3, 0.4) is 0 Å². The van der Waals surface area contributed by atoms with Crippen molar-refractivity contribution in [2.75, 3.05) is 7.11 Å². The second-order valence-electron chi connectivity index (χ2n) is 4.56. The van der Waals surface area contributed by atoms with E-state index in [1.165, 1.54) is 0 Å². The first-order valence-electron chi connectivity index (χ1n) is 6.04. The van der Waals surface area contributed by atoms with Crippen LogP contribution in [0.1, 0.15) is 16.8 Å². The molecule has 1 heterocycles. The molecular weight excluding hydrogens is 324 g/mol. The number of aromatic nitrogens is 2. The quantitative estimate of drug-likeness (QED) is 0.898. The Morgan fingerprint density at radius 1 is 1.40 bits per heavy atom. The molecule has 20 heavy (non-hydrogen) atoms. The van der Waals surface area contributed by atoms with Crippen molar-refractivity contribution in [3.8, 4) is 17.0 Å². The first-order valence-corrected chi connectivity index (χ1v) is 6.83. The lowest BCUT2D eigenvalue weighted by Gasteiger charge is -2.10. The molecule has 0 bridgehead atoms. The average Bonchev–Trinajstić information content (AvgIpc) is 2.71. The number of halogens is 1. The number of carbonyl (C=O) groups is 1. The third-order valence-corrected chi connectivity index (χ3v) is 3.45. The number of nitrogens with zero attached hydrogens (tertiary/aromatic N) is 1. The van der Waals surface area contributed by atoms with Gasteiger partial charge in [0.15, 0.2) is 4.73 Å². The molecule has 0 aliphatic carbocycles. The lowest BCUT2D eigenvalue weighted by molar-refractivity contribution is -0.136. The fourth-order valence-corrected chi connectivity index (χ4v) is 2.56. The molecule has 0 aliphatic heterocycles. The van der Waals surface area contributed by atoms with Crippen LogP contribution >= 0.6 is 15.9 Å². The van der Waals surface area contributed by atoms with Gasteiger partial charge in [-0.05, 0) is 53.0 Å². The van der Waals surface area contributed by atoms with Crippen LogP contribution in [0, 0.1) is 13.8 Å². The Labute approximate surface area is 125 Å². The number of carboxylic acid groups (broad SMARTS) is 1. The number of hydrogen-bond acceptors (Lipinski definition) is 3. The molecule has 0 saturated heterocycles. The van der Waals surface area contributed by atoms with Crippen molar-refractivity contribution in [2.24, 2.45) is 0 Å². The van der Waals surface area contributed by atoms with E-state index in [1.54, 1.807) is 7.11 Å². The van der Waals surface area contributed by atoms with Crippen molar-refractivity contribution in [1.29, 1.82) is 0 Å². The SMILES string of the molecule is COc1cc(C)c(-c2nc(Br)[nH]c2CC(=O)O)cc1C. The molecular formula is C14H15BrN2O3. The zero-order valence-electron chi connectivity index (χ0n) is 11.5. The molecule has 6 heteroatoms. The summed E-state index contributed by atoms with van der Waals surface area (Å²) in [5.74, 6) is -0.0917. The fraction of sp³-hybridized carbons (Fsp3) is 0.286. The highest BCUT2D eigenvalue weighted by Gasteiger charge is 2.17. The molecule has 2 N–H and O–H groups in total. The van der Waals surface area contributed by atoms with Gasteiger partial charge < -0.3 is 14.8 Å². The third kappa shape index (κ3) is 2.85. The molecule has 106 valence electrons. The lowest BCUT2D eigenvalue weighted by atomic mass is 10.00. The summed E-state index contributed by atoms with van der Waals surface area (Å²) in [7, 11) is 1.63. The monoisotopic (exact) mass is 338 g/mol. The normalized spacial score (nSPS) is 10.6. The average molecular weight is 339 g/mol. The Bertz CT molecular complexity index is 665. The molecule has 0 fully saturated rings. The highest BCUT2D eigenvalue weighted by atomic mass is 79.9. The minimum atomic E-state index is -0.898. The van der Waals surface area contributed by atoms with Gasteiger partial charge in [-0.3, -0.25) is 4.79 Å². The van der Waals surface area contributed by atoms with Crippen LogP contribution in [0.5, 0.6) is 5.75 Å². The summed E-state index contributed by atoms with van der Waals surface area (Å²) in [5.41, 5.74) is 4.10. The highest BCUT2D eigenvalue weighted by Crippen LogP contribution is 2.32. The first-order chi connectivity index (χ1) is 9.42. The van der Waals surface area contributed by atoms with E-state index in [1.807, 2.05) is 26.0 Å². The number of aryl methyl sites for hydroxylation is 2. The molecule has 0 saturated carbocycles. The van der Waals surface area contributed by atoms with Crippen molar-refractivity contribution in [3.63, 3.8) is 0 Å². The van der Waals surface area contributed by atoms with Crippen LogP contribution < -0.4 is 4.74 Å². The molecule has 0 radical (unpaired) electrons. The molecule has 0 atom stereocenters. The van der Waals surface area contributed by atoms with E-state index in [9.17, 15) is 4.79 Å². The number of benzene rings is 1. The maximum atomic E-state index is 10.9. The van der Waals surface area contributed by atoms with E-state index in [-0.39, 0.29) is 6.42 Å². The Morgan fingerprint density at radius 2 is 2.10 bits per heavy atom. The van der Waals surface area contributed by atoms with Crippen molar-refractivity contribution in [3.05, 3.63) is 33.7 Å². The van der Waals surface area contributed by atoms with Gasteiger partial charge in [-0.2, -0.15) is 0 Å². The van der Waals surface area contributed by atoms with Gasteiger partial charge in [0.2, 0.25) is 0 Å². The summed E-state index contributed by atoms with van der Waals surface area (Å²) in [5, 5.41) is 8.97. The number of aromatic amines is 1. The minimum Gasteiger partial charge on any atom is -0.496 e. The number of imidazole rings is 1. The summed E-state index contributed by atoms with van der Waals surface area (Å²) in [6.07, 6.45) is -0.0988. The Balaban J connectivity index is 2.56. The molecule has 0 amide bonds. The molecule has 0 aliphatic rings. The highest BCUT2D eigenvalue weighted by molar-refractivity contribution is 9.10. The van der Waals surface area contributed by atoms with E-state index in [2.05, 4.69) is 25.9 Å². The number of ether oxygens (including phenoxy) is 1. The lowest BCUT2D eigenvalue weighted by Crippen LogP contribution is -2.02. The van der Waals surface area contributed by atoms with Gasteiger partial charge >= 0.3 is 5.97 Å². The number of carboxylic acids is 1. The standard InChI is InChI=1S/C14H15BrN2O3/c1-7-5-11(20-3)8(2)4-9(7)13-10(6-12(18)19)16-14(15)17-13/h4-5H,6H2,1-3H3,(H,16,17)(H,18,19). The smallest absolute Gasteiger partial charge is 0.309 e. The predicted octanol–water partition coefficient (Wildman–Crippen LogP) is 3.09. The second-order valence-corrected chi connectivity index (χ2v) is 5.31. The van der Waals surface area contributed by atoms with Gasteiger partial charge in [-0.25, -0.2) is 4.98 Å². The van der Waals surface area contributed by atoms with Crippen LogP contribution in [0.4, 0.5) is 0 Å². The van der Waals surface area contributed by atoms with E-state index in [0.717, 1.165) is 22.4 Å². The number of H-pyrrole nitrogens is 1. The van der Waals surface area contributed by atoms with Crippen LogP contribution in [0.25, 0.3) is 11.3 Å². The Kier molecular flexibility index (Phi) is 4.13. The number of hydrogen-bond donors (Lipinski definition) is 2. The van der Waals surface area contributed by atoms with Gasteiger partial charge in [0.25, 0.3) is 0 Å². The third-order valence-electron chi connectivity index (χ3n) is 3.07. The Morgan fingerprint density at radius 3 is 2.70 bits per heavy atom. The summed E-state index contributed by atoms with van der Waals surface area (Å²) >= 11 is 3.26. The number of aliphatic carboxylic acids is 1. The van der Waals surface area contributed by atoms with Crippen molar-refractivity contribution in [1.82, 2.24) is 9.97 Å². The predicted molar refractivity (Wildman–Crippen MR) is 79.1 cm³/mol. The molecule has 5 nitrogen and oxygen atoms in total. The minimum absolute atomic E-state index is 0.0988. The van der Waals surface area contributed by atoms with E-state index >= 15 is 0 Å². The molecule has 2 aromatic rings. The molecule has 0 spiro atoms. The van der Waals surface area contributed by atoms with Crippen LogP contribution in [-0.4, -0.2) is 28.2 Å². The van der Waals surface area contributed by atoms with Gasteiger partial charge in [-0.1, -0.05) is 0 Å². The second kappa shape index (κ2) is 5.66. The van der Waals surface area contributed by atoms with Gasteiger partial charge in [0, 0.05) is 5.56 Å². The number of nitrogens with one attached hydrogen (secondary N) is 1. The van der Waals surface area contributed by atoms with Crippen molar-refractivity contribution in [2.45, 2.75) is 20.3 Å². The number of methoxy groups -OCH3 is 1. The molecule has 1 aromatic carbocycles. The molecule has 1 aromatic heterocycles. The van der Waals surface area contributed by atoms with Gasteiger partial charge in [0.05, 0.1) is 24.9 Å². The largest absolute Gasteiger partial charge is 0.496 e. The zero-order chi connectivity index (χ0) is 14.9. The topological polar surface area (TPSA) is 75.2 Å². The maximum absolute atomic E-state index is 10.9.